The number of aryl methyl sites for hydroxylation is 1. The maximum Gasteiger partial charge on any atom is 0.143 e. The maximum absolute atomic E-state index is 13.9. The van der Waals surface area contributed by atoms with Gasteiger partial charge < -0.3 is 5.32 Å². The maximum atomic E-state index is 13.9. The number of rotatable bonds is 1. The minimum atomic E-state index is -0.435. The number of halogens is 3. The van der Waals surface area contributed by atoms with Crippen molar-refractivity contribution < 1.29 is 8.78 Å². The third-order valence-corrected chi connectivity index (χ3v) is 3.70. The monoisotopic (exact) mass is 289 g/mol. The molecule has 1 saturated heterocycles. The molecule has 1 heterocycles. The first-order chi connectivity index (χ1) is 7.61. The molecule has 0 bridgehead atoms. The first kappa shape index (κ1) is 12.0. The van der Waals surface area contributed by atoms with Gasteiger partial charge in [-0.2, -0.15) is 0 Å². The highest BCUT2D eigenvalue weighted by Crippen LogP contribution is 2.34. The third-order valence-electron chi connectivity index (χ3n) is 3.12. The molecule has 1 N–H and O–H groups in total. The third kappa shape index (κ3) is 2.13. The lowest BCUT2D eigenvalue weighted by Crippen LogP contribution is -2.27. The highest BCUT2D eigenvalue weighted by atomic mass is 79.9. The fourth-order valence-corrected chi connectivity index (χ4v) is 2.78. The molecule has 1 aliphatic heterocycles. The van der Waals surface area contributed by atoms with Crippen LogP contribution >= 0.6 is 15.9 Å². The van der Waals surface area contributed by atoms with Crippen molar-refractivity contribution in [1.82, 2.24) is 5.32 Å². The Hall–Kier alpha value is -0.480. The second-order valence-corrected chi connectivity index (χ2v) is 5.10. The summed E-state index contributed by atoms with van der Waals surface area (Å²) in [6, 6.07) is 1.50. The molecule has 0 saturated carbocycles. The average Bonchev–Trinajstić information content (AvgIpc) is 2.28. The zero-order valence-corrected chi connectivity index (χ0v) is 10.7. The Morgan fingerprint density at radius 3 is 2.50 bits per heavy atom. The summed E-state index contributed by atoms with van der Waals surface area (Å²) in [5.74, 6) is -0.819. The van der Waals surface area contributed by atoms with Crippen molar-refractivity contribution in [3.63, 3.8) is 0 Å². The Morgan fingerprint density at radius 1 is 1.25 bits per heavy atom. The molecule has 1 nitrogen and oxygen atoms in total. The molecule has 0 aliphatic carbocycles. The van der Waals surface area contributed by atoms with E-state index < -0.39 is 5.82 Å². The van der Waals surface area contributed by atoms with Gasteiger partial charge in [-0.1, -0.05) is 0 Å². The highest BCUT2D eigenvalue weighted by Gasteiger charge is 2.24. The van der Waals surface area contributed by atoms with Crippen molar-refractivity contribution in [3.05, 3.63) is 33.3 Å². The van der Waals surface area contributed by atoms with Crippen molar-refractivity contribution in [1.29, 1.82) is 0 Å². The SMILES string of the molecule is Cc1cc(Br)c(F)c(C2CCNCC2)c1F. The van der Waals surface area contributed by atoms with Gasteiger partial charge in [0, 0.05) is 5.56 Å². The predicted octanol–water partition coefficient (Wildman–Crippen LogP) is 3.50. The second kappa shape index (κ2) is 4.80. The lowest BCUT2D eigenvalue weighted by molar-refractivity contribution is 0.424. The quantitative estimate of drug-likeness (QED) is 0.781. The fraction of sp³-hybridized carbons (Fsp3) is 0.500. The summed E-state index contributed by atoms with van der Waals surface area (Å²) in [6.45, 7) is 3.33. The Morgan fingerprint density at radius 2 is 1.88 bits per heavy atom. The highest BCUT2D eigenvalue weighted by molar-refractivity contribution is 9.10. The first-order valence-corrected chi connectivity index (χ1v) is 6.25. The topological polar surface area (TPSA) is 12.0 Å². The van der Waals surface area contributed by atoms with Crippen LogP contribution in [-0.4, -0.2) is 13.1 Å². The van der Waals surface area contributed by atoms with Crippen molar-refractivity contribution >= 4 is 15.9 Å². The van der Waals surface area contributed by atoms with Gasteiger partial charge in [-0.15, -0.1) is 0 Å². The number of nitrogens with one attached hydrogen (secondary N) is 1. The smallest absolute Gasteiger partial charge is 0.143 e. The summed E-state index contributed by atoms with van der Waals surface area (Å²) in [6.07, 6.45) is 1.59. The second-order valence-electron chi connectivity index (χ2n) is 4.24. The van der Waals surface area contributed by atoms with E-state index in [1.165, 1.54) is 6.07 Å². The van der Waals surface area contributed by atoms with Gasteiger partial charge in [0.05, 0.1) is 4.47 Å². The normalized spacial score (nSPS) is 17.8. The zero-order valence-electron chi connectivity index (χ0n) is 9.12. The van der Waals surface area contributed by atoms with Crippen molar-refractivity contribution in [2.45, 2.75) is 25.7 Å². The van der Waals surface area contributed by atoms with Gasteiger partial charge >= 0.3 is 0 Å². The van der Waals surface area contributed by atoms with Gasteiger partial charge in [-0.25, -0.2) is 8.78 Å². The molecule has 16 heavy (non-hydrogen) atoms. The van der Waals surface area contributed by atoms with E-state index in [2.05, 4.69) is 21.2 Å². The number of hydrogen-bond donors (Lipinski definition) is 1. The first-order valence-electron chi connectivity index (χ1n) is 5.46. The van der Waals surface area contributed by atoms with E-state index in [1.807, 2.05) is 0 Å². The molecule has 1 aromatic carbocycles. The van der Waals surface area contributed by atoms with E-state index in [0.29, 0.717) is 10.0 Å². The van der Waals surface area contributed by atoms with Crippen molar-refractivity contribution in [3.8, 4) is 0 Å². The van der Waals surface area contributed by atoms with Gasteiger partial charge in [-0.3, -0.25) is 0 Å². The van der Waals surface area contributed by atoms with Gasteiger partial charge in [0.15, 0.2) is 0 Å². The lowest BCUT2D eigenvalue weighted by Gasteiger charge is -2.24. The summed E-state index contributed by atoms with van der Waals surface area (Å²) < 4.78 is 28.2. The van der Waals surface area contributed by atoms with Crippen LogP contribution in [0.15, 0.2) is 10.5 Å². The van der Waals surface area contributed by atoms with E-state index >= 15 is 0 Å². The van der Waals surface area contributed by atoms with E-state index in [9.17, 15) is 8.78 Å². The number of piperidine rings is 1. The van der Waals surface area contributed by atoms with Crippen LogP contribution in [0.1, 0.15) is 29.9 Å². The minimum Gasteiger partial charge on any atom is -0.317 e. The Labute approximate surface area is 102 Å². The molecule has 0 amide bonds. The van der Waals surface area contributed by atoms with E-state index in [-0.39, 0.29) is 17.3 Å². The summed E-state index contributed by atoms with van der Waals surface area (Å²) in [5.41, 5.74) is 0.759. The molecule has 1 aromatic rings. The number of benzene rings is 1. The number of hydrogen-bond acceptors (Lipinski definition) is 1. The summed E-state index contributed by atoms with van der Waals surface area (Å²) >= 11 is 3.14. The molecular formula is C12H14BrF2N. The molecule has 0 spiro atoms. The Bertz CT molecular complexity index is 374. The predicted molar refractivity (Wildman–Crippen MR) is 63.6 cm³/mol. The average molecular weight is 290 g/mol. The van der Waals surface area contributed by atoms with Gasteiger partial charge in [0.25, 0.3) is 0 Å². The van der Waals surface area contributed by atoms with E-state index in [1.54, 1.807) is 6.92 Å². The molecule has 1 aliphatic rings. The minimum absolute atomic E-state index is 0.00236. The van der Waals surface area contributed by atoms with Crippen molar-refractivity contribution in [2.75, 3.05) is 13.1 Å². The standard InChI is InChI=1S/C12H14BrF2N/c1-7-6-9(13)12(15)10(11(7)14)8-2-4-16-5-3-8/h6,8,16H,2-5H2,1H3. The van der Waals surface area contributed by atoms with E-state index in [4.69, 9.17) is 0 Å². The molecule has 4 heteroatoms. The lowest BCUT2D eigenvalue weighted by atomic mass is 9.88. The Balaban J connectivity index is 2.45. The van der Waals surface area contributed by atoms with Gasteiger partial charge in [0.1, 0.15) is 11.6 Å². The Kier molecular flexibility index (Phi) is 3.60. The van der Waals surface area contributed by atoms with Crippen LogP contribution in [0.25, 0.3) is 0 Å². The van der Waals surface area contributed by atoms with Crippen LogP contribution in [0.4, 0.5) is 8.78 Å². The molecule has 88 valence electrons. The zero-order chi connectivity index (χ0) is 11.7. The fourth-order valence-electron chi connectivity index (χ4n) is 2.22. The molecule has 0 atom stereocenters. The molecule has 1 fully saturated rings. The van der Waals surface area contributed by atoms with Crippen LogP contribution < -0.4 is 5.32 Å². The summed E-state index contributed by atoms with van der Waals surface area (Å²) in [5, 5.41) is 3.20. The van der Waals surface area contributed by atoms with Crippen LogP contribution in [0.2, 0.25) is 0 Å². The molecule has 0 unspecified atom stereocenters. The molecular weight excluding hydrogens is 276 g/mol. The van der Waals surface area contributed by atoms with Crippen LogP contribution in [0.5, 0.6) is 0 Å². The molecule has 0 radical (unpaired) electrons. The summed E-state index contributed by atoms with van der Waals surface area (Å²) in [7, 11) is 0. The van der Waals surface area contributed by atoms with Gasteiger partial charge in [-0.05, 0) is 66.3 Å². The van der Waals surface area contributed by atoms with Gasteiger partial charge in [0.2, 0.25) is 0 Å². The largest absolute Gasteiger partial charge is 0.317 e. The van der Waals surface area contributed by atoms with Crippen LogP contribution in [-0.2, 0) is 0 Å². The van der Waals surface area contributed by atoms with E-state index in [0.717, 1.165) is 25.9 Å². The van der Waals surface area contributed by atoms with Crippen LogP contribution in [0, 0.1) is 18.6 Å². The molecule has 2 rings (SSSR count). The molecule has 0 aromatic heterocycles. The van der Waals surface area contributed by atoms with Crippen molar-refractivity contribution in [2.24, 2.45) is 0 Å². The van der Waals surface area contributed by atoms with Crippen LogP contribution in [0.3, 0.4) is 0 Å². The summed E-state index contributed by atoms with van der Waals surface area (Å²) in [4.78, 5) is 0.